The lowest BCUT2D eigenvalue weighted by atomic mass is 9.80. The van der Waals surface area contributed by atoms with Gasteiger partial charge in [-0.05, 0) is 25.7 Å². The van der Waals surface area contributed by atoms with Crippen molar-refractivity contribution in [2.24, 2.45) is 0 Å². The van der Waals surface area contributed by atoms with Gasteiger partial charge in [-0.1, -0.05) is 181 Å². The average Bonchev–Trinajstić information content (AvgIpc) is 3.48. The number of phosphoric acid groups is 2. The highest BCUT2D eigenvalue weighted by Crippen LogP contribution is 2.42. The molecule has 0 aromatic carbocycles. The Bertz CT molecular complexity index is 1730. The van der Waals surface area contributed by atoms with Gasteiger partial charge in [0.1, 0.15) is 54.3 Å². The van der Waals surface area contributed by atoms with Crippen molar-refractivity contribution in [3.63, 3.8) is 0 Å². The van der Waals surface area contributed by atoms with Crippen molar-refractivity contribution in [1.82, 2.24) is 10.6 Å². The molecule has 0 spiro atoms. The predicted molar refractivity (Wildman–Crippen MR) is 294 cm³/mol. The molecule has 79 heavy (non-hydrogen) atoms. The molecular formula is C54H104N2O21P2. The average molecular weight is 1180 g/mol. The predicted octanol–water partition coefficient (Wildman–Crippen LogP) is 6.65. The summed E-state index contributed by atoms with van der Waals surface area (Å²) in [6.07, 6.45) is 9.29. The van der Waals surface area contributed by atoms with Crippen molar-refractivity contribution in [3.8, 4) is 0 Å². The van der Waals surface area contributed by atoms with Crippen LogP contribution < -0.4 is 10.6 Å². The fraction of sp³-hybridized carbons (Fsp3) is 0.944. The van der Waals surface area contributed by atoms with E-state index in [2.05, 4.69) is 35.9 Å². The van der Waals surface area contributed by atoms with Gasteiger partial charge in [-0.15, -0.1) is 0 Å². The highest BCUT2D eigenvalue weighted by atomic mass is 31.2. The summed E-state index contributed by atoms with van der Waals surface area (Å²) in [5, 5.41) is 72.2. The molecule has 2 rings (SSSR count). The fourth-order valence-corrected chi connectivity index (χ4v) is 11.2. The van der Waals surface area contributed by atoms with Crippen LogP contribution in [0.3, 0.4) is 0 Å². The molecule has 2 aliphatic heterocycles. The third-order valence-corrected chi connectivity index (χ3v) is 15.9. The standard InChI is InChI=1S/C54H104N2O21P2/c1-4-7-10-13-16-19-22-25-28-31-40(58)36-45(60)56-54(34-35-73-78(66,67)68)51(64)48(62)43(76-53(54)65)39-72-52-47(49(63)50(42(38-57)75-52)77-79(69,70)71)55-44(59)37-41(32-29-26-23-20-17-14-11-8-5-2)74-46(61)33-30-27-24-21-18-15-12-9-6-3/h40-43,47-53,57-58,62-65H,4-39H2,1-3H3,(H,55,59)(H,56,60)(H2,66,67,68)(H2,69,70,71)/t40-,41-,42-,43-,47-,48-,49-,50-,51+,52-,53+,54-/m1/s1. The second kappa shape index (κ2) is 41.3. The Morgan fingerprint density at radius 3 is 1.59 bits per heavy atom. The van der Waals surface area contributed by atoms with E-state index in [9.17, 15) is 73.7 Å². The van der Waals surface area contributed by atoms with Crippen LogP contribution in [0.15, 0.2) is 0 Å². The van der Waals surface area contributed by atoms with Crippen LogP contribution in [-0.2, 0) is 51.5 Å². The first-order chi connectivity index (χ1) is 37.6. The smallest absolute Gasteiger partial charge is 0.462 e. The van der Waals surface area contributed by atoms with E-state index >= 15 is 0 Å². The Labute approximate surface area is 469 Å². The largest absolute Gasteiger partial charge is 0.470 e. The number of aliphatic hydroxyl groups is 6. The van der Waals surface area contributed by atoms with E-state index in [1.165, 1.54) is 51.4 Å². The van der Waals surface area contributed by atoms with Gasteiger partial charge in [0.2, 0.25) is 11.8 Å². The van der Waals surface area contributed by atoms with Gasteiger partial charge in [-0.25, -0.2) is 9.13 Å². The first-order valence-electron chi connectivity index (χ1n) is 29.8. The van der Waals surface area contributed by atoms with Crippen LogP contribution >= 0.6 is 15.6 Å². The molecule has 466 valence electrons. The van der Waals surface area contributed by atoms with Gasteiger partial charge in [0.05, 0.1) is 38.8 Å². The molecule has 2 heterocycles. The molecule has 0 aliphatic carbocycles. The highest BCUT2D eigenvalue weighted by molar-refractivity contribution is 7.46. The lowest BCUT2D eigenvalue weighted by Crippen LogP contribution is -2.73. The van der Waals surface area contributed by atoms with Crippen molar-refractivity contribution >= 4 is 33.4 Å². The molecule has 2 amide bonds. The Morgan fingerprint density at radius 1 is 0.608 bits per heavy atom. The van der Waals surface area contributed by atoms with E-state index in [1.54, 1.807) is 0 Å². The fourth-order valence-electron chi connectivity index (χ4n) is 10.3. The Morgan fingerprint density at radius 2 is 1.10 bits per heavy atom. The number of carbonyl (C=O) groups is 3. The molecule has 2 aliphatic rings. The number of ether oxygens (including phenoxy) is 4. The molecule has 2 fully saturated rings. The molecule has 12 N–H and O–H groups in total. The normalized spacial score (nSPS) is 25.5. The lowest BCUT2D eigenvalue weighted by Gasteiger charge is -2.50. The summed E-state index contributed by atoms with van der Waals surface area (Å²) in [7, 11) is -10.5. The maximum atomic E-state index is 14.0. The van der Waals surface area contributed by atoms with Gasteiger partial charge in [-0.3, -0.25) is 23.4 Å². The van der Waals surface area contributed by atoms with Crippen molar-refractivity contribution in [3.05, 3.63) is 0 Å². The van der Waals surface area contributed by atoms with Crippen LogP contribution in [0, 0.1) is 0 Å². The van der Waals surface area contributed by atoms with E-state index in [-0.39, 0.29) is 12.8 Å². The third kappa shape index (κ3) is 31.1. The first-order valence-corrected chi connectivity index (χ1v) is 32.8. The minimum atomic E-state index is -5.38. The minimum Gasteiger partial charge on any atom is -0.462 e. The van der Waals surface area contributed by atoms with Gasteiger partial charge in [-0.2, -0.15) is 0 Å². The third-order valence-electron chi connectivity index (χ3n) is 14.9. The lowest BCUT2D eigenvalue weighted by molar-refractivity contribution is -0.311. The van der Waals surface area contributed by atoms with Crippen LogP contribution in [0.2, 0.25) is 0 Å². The Kier molecular flexibility index (Phi) is 38.4. The van der Waals surface area contributed by atoms with Gasteiger partial charge < -0.3 is 79.8 Å². The van der Waals surface area contributed by atoms with Gasteiger partial charge in [0, 0.05) is 12.8 Å². The molecule has 25 heteroatoms. The van der Waals surface area contributed by atoms with Crippen LogP contribution in [0.25, 0.3) is 0 Å². The Balaban J connectivity index is 2.26. The molecule has 23 nitrogen and oxygen atoms in total. The molecule has 12 atom stereocenters. The molecule has 0 radical (unpaired) electrons. The van der Waals surface area contributed by atoms with Crippen LogP contribution in [0.4, 0.5) is 0 Å². The molecule has 0 bridgehead atoms. The van der Waals surface area contributed by atoms with Crippen molar-refractivity contribution < 1.29 is 102 Å². The topological polar surface area (TPSA) is 367 Å². The summed E-state index contributed by atoms with van der Waals surface area (Å²) >= 11 is 0. The number of nitrogens with one attached hydrogen (secondary N) is 2. The van der Waals surface area contributed by atoms with Crippen LogP contribution in [0.1, 0.15) is 233 Å². The number of rotatable bonds is 47. The van der Waals surface area contributed by atoms with Crippen molar-refractivity contribution in [2.75, 3.05) is 19.8 Å². The summed E-state index contributed by atoms with van der Waals surface area (Å²) in [6, 6.07) is -1.74. The summed E-state index contributed by atoms with van der Waals surface area (Å²) in [5.74, 6) is -2.18. The van der Waals surface area contributed by atoms with Gasteiger partial charge in [0.25, 0.3) is 0 Å². The minimum absolute atomic E-state index is 0.149. The van der Waals surface area contributed by atoms with E-state index in [0.717, 1.165) is 103 Å². The van der Waals surface area contributed by atoms with Crippen LogP contribution in [0.5, 0.6) is 0 Å². The number of esters is 1. The molecule has 0 saturated carbocycles. The molecule has 2 saturated heterocycles. The summed E-state index contributed by atoms with van der Waals surface area (Å²) in [6.45, 7) is 3.78. The number of hydrogen-bond acceptors (Lipinski definition) is 17. The number of aliphatic hydroxyl groups excluding tert-OH is 6. The van der Waals surface area contributed by atoms with E-state index < -0.39 is 146 Å². The molecule has 0 unspecified atom stereocenters. The number of carbonyl (C=O) groups excluding carboxylic acids is 3. The maximum absolute atomic E-state index is 14.0. The quantitative estimate of drug-likeness (QED) is 0.0172. The number of amides is 2. The zero-order valence-corrected chi connectivity index (χ0v) is 49.5. The second-order valence-electron chi connectivity index (χ2n) is 21.8. The van der Waals surface area contributed by atoms with E-state index in [1.807, 2.05) is 0 Å². The molecular weight excluding hydrogens is 1070 g/mol. The number of hydrogen-bond donors (Lipinski definition) is 12. The van der Waals surface area contributed by atoms with Gasteiger partial charge >= 0.3 is 21.6 Å². The molecule has 0 aromatic heterocycles. The SMILES string of the molecule is CCCCCCCCCCCC(=O)O[C@H](CCCCCCCCCCC)CC(=O)N[C@H]1[C@H](OC[C@H]2O[C@H](O)[C@](CCOP(=O)(O)O)(NC(=O)C[C@H](O)CCCCCCCCCCC)[C@@H](O)[C@@H]2O)O[C@H](CO)[C@@H](OP(=O)(O)O)[C@@H]1O. The zero-order chi connectivity index (χ0) is 58.7. The monoisotopic (exact) mass is 1180 g/mol. The number of unbranched alkanes of at least 4 members (excludes halogenated alkanes) is 24. The zero-order valence-electron chi connectivity index (χ0n) is 47.7. The Hall–Kier alpha value is -1.73. The summed E-state index contributed by atoms with van der Waals surface area (Å²) in [5.41, 5.74) is -2.38. The van der Waals surface area contributed by atoms with Crippen molar-refractivity contribution in [2.45, 2.75) is 306 Å². The van der Waals surface area contributed by atoms with Crippen LogP contribution in [-0.4, -0.2) is 161 Å². The van der Waals surface area contributed by atoms with E-state index in [4.69, 9.17) is 23.5 Å². The second-order valence-corrected chi connectivity index (χ2v) is 24.2. The summed E-state index contributed by atoms with van der Waals surface area (Å²) < 4.78 is 56.3. The summed E-state index contributed by atoms with van der Waals surface area (Å²) in [4.78, 5) is 78.8. The first kappa shape index (κ1) is 73.4. The molecule has 0 aromatic rings. The van der Waals surface area contributed by atoms with Gasteiger partial charge in [0.15, 0.2) is 12.6 Å². The van der Waals surface area contributed by atoms with E-state index in [0.29, 0.717) is 25.7 Å². The maximum Gasteiger partial charge on any atom is 0.470 e. The number of phosphoric ester groups is 2. The van der Waals surface area contributed by atoms with Crippen molar-refractivity contribution in [1.29, 1.82) is 0 Å². The highest BCUT2D eigenvalue weighted by Gasteiger charge is 2.57.